The van der Waals surface area contributed by atoms with E-state index in [0.717, 1.165) is 5.82 Å². The molecule has 0 aromatic carbocycles. The van der Waals surface area contributed by atoms with E-state index in [1.807, 2.05) is 0 Å². The van der Waals surface area contributed by atoms with Crippen molar-refractivity contribution in [3.05, 3.63) is 53.3 Å². The molecule has 0 bridgehead atoms. The summed E-state index contributed by atoms with van der Waals surface area (Å²) < 4.78 is 3.00. The summed E-state index contributed by atoms with van der Waals surface area (Å²) in [6, 6.07) is 6.71. The van der Waals surface area contributed by atoms with Crippen molar-refractivity contribution in [1.82, 2.24) is 29.5 Å². The number of aromatic nitrogens is 6. The molecule has 9 heteroatoms. The largest absolute Gasteiger partial charge is 0.373 e. The van der Waals surface area contributed by atoms with E-state index >= 15 is 0 Å². The van der Waals surface area contributed by atoms with Gasteiger partial charge in [0, 0.05) is 38.1 Å². The summed E-state index contributed by atoms with van der Waals surface area (Å²) >= 11 is 0. The summed E-state index contributed by atoms with van der Waals surface area (Å²) in [4.78, 5) is 20.0. The van der Waals surface area contributed by atoms with Crippen molar-refractivity contribution in [3.8, 4) is 5.82 Å². The second-order valence-corrected chi connectivity index (χ2v) is 4.67. The first-order valence-electron chi connectivity index (χ1n) is 7.08. The van der Waals surface area contributed by atoms with Crippen molar-refractivity contribution in [2.75, 3.05) is 24.2 Å². The van der Waals surface area contributed by atoms with Crippen LogP contribution in [-0.4, -0.2) is 43.1 Å². The molecule has 0 aliphatic rings. The number of nitrogens with zero attached hydrogens (tertiary/aromatic N) is 6. The number of anilines is 2. The first-order chi connectivity index (χ1) is 11.3. The zero-order valence-electron chi connectivity index (χ0n) is 12.5. The zero-order valence-corrected chi connectivity index (χ0v) is 12.5. The van der Waals surface area contributed by atoms with Crippen LogP contribution in [0.15, 0.2) is 47.8 Å². The van der Waals surface area contributed by atoms with Crippen molar-refractivity contribution >= 4 is 11.6 Å². The molecule has 23 heavy (non-hydrogen) atoms. The number of hydrogen-bond donors (Lipinski definition) is 2. The van der Waals surface area contributed by atoms with Gasteiger partial charge in [-0.2, -0.15) is 5.10 Å². The topological polar surface area (TPSA) is 103 Å². The highest BCUT2D eigenvalue weighted by molar-refractivity contribution is 5.45. The van der Waals surface area contributed by atoms with Gasteiger partial charge in [-0.15, -0.1) is 5.10 Å². The molecule has 0 aliphatic heterocycles. The van der Waals surface area contributed by atoms with Crippen LogP contribution in [0.5, 0.6) is 0 Å². The van der Waals surface area contributed by atoms with Gasteiger partial charge in [0.2, 0.25) is 0 Å². The molecular formula is C14H16N8O. The van der Waals surface area contributed by atoms with Gasteiger partial charge in [0.15, 0.2) is 5.82 Å². The predicted octanol–water partition coefficient (Wildman–Crippen LogP) is 0.373. The van der Waals surface area contributed by atoms with Gasteiger partial charge in [-0.05, 0) is 12.1 Å². The Labute approximate surface area is 132 Å². The van der Waals surface area contributed by atoms with Gasteiger partial charge in [-0.3, -0.25) is 4.79 Å². The zero-order chi connectivity index (χ0) is 16.1. The molecule has 3 rings (SSSR count). The third-order valence-electron chi connectivity index (χ3n) is 3.14. The normalized spacial score (nSPS) is 10.5. The minimum absolute atomic E-state index is 0.165. The van der Waals surface area contributed by atoms with E-state index in [4.69, 9.17) is 0 Å². The van der Waals surface area contributed by atoms with Crippen LogP contribution in [0.3, 0.4) is 0 Å². The molecule has 118 valence electrons. The fourth-order valence-corrected chi connectivity index (χ4v) is 2.01. The van der Waals surface area contributed by atoms with Crippen LogP contribution in [-0.2, 0) is 6.54 Å². The third kappa shape index (κ3) is 3.51. The van der Waals surface area contributed by atoms with E-state index in [2.05, 4.69) is 30.8 Å². The Hall–Kier alpha value is -3.23. The lowest BCUT2D eigenvalue weighted by Gasteiger charge is -2.09. The minimum Gasteiger partial charge on any atom is -0.373 e. The minimum atomic E-state index is -0.165. The summed E-state index contributed by atoms with van der Waals surface area (Å²) in [6.07, 6.45) is 4.90. The number of rotatable bonds is 6. The molecule has 0 amide bonds. The second-order valence-electron chi connectivity index (χ2n) is 4.67. The summed E-state index contributed by atoms with van der Waals surface area (Å²) in [6.45, 7) is 0.919. The monoisotopic (exact) mass is 312 g/mol. The van der Waals surface area contributed by atoms with E-state index in [1.165, 1.54) is 17.1 Å². The molecule has 0 fully saturated rings. The summed E-state index contributed by atoms with van der Waals surface area (Å²) in [5, 5.41) is 14.5. The highest BCUT2D eigenvalue weighted by atomic mass is 16.1. The standard InChI is InChI=1S/C14H16N8O/c1-15-11-9-12(18-10-17-11)16-6-8-22-14(23)4-3-13(20-22)21-7-2-5-19-21/h2-5,7,9-10H,6,8H2,1H3,(H2,15,16,17,18). The molecule has 3 heterocycles. The lowest BCUT2D eigenvalue weighted by Crippen LogP contribution is -2.26. The number of nitrogens with one attached hydrogen (secondary N) is 2. The van der Waals surface area contributed by atoms with Crippen molar-refractivity contribution in [3.63, 3.8) is 0 Å². The molecule has 0 unspecified atom stereocenters. The quantitative estimate of drug-likeness (QED) is 0.678. The maximum absolute atomic E-state index is 11.9. The maximum Gasteiger partial charge on any atom is 0.266 e. The van der Waals surface area contributed by atoms with Crippen molar-refractivity contribution < 1.29 is 0 Å². The average molecular weight is 312 g/mol. The Morgan fingerprint density at radius 1 is 1.22 bits per heavy atom. The maximum atomic E-state index is 11.9. The summed E-state index contributed by atoms with van der Waals surface area (Å²) in [7, 11) is 1.79. The molecule has 2 N–H and O–H groups in total. The van der Waals surface area contributed by atoms with E-state index in [1.54, 1.807) is 42.3 Å². The Kier molecular flexibility index (Phi) is 4.27. The Bertz CT molecular complexity index is 827. The van der Waals surface area contributed by atoms with Gasteiger partial charge < -0.3 is 10.6 Å². The first kappa shape index (κ1) is 14.7. The van der Waals surface area contributed by atoms with Crippen molar-refractivity contribution in [2.24, 2.45) is 0 Å². The smallest absolute Gasteiger partial charge is 0.266 e. The van der Waals surface area contributed by atoms with E-state index < -0.39 is 0 Å². The molecule has 3 aromatic heterocycles. The SMILES string of the molecule is CNc1cc(NCCn2nc(-n3cccn3)ccc2=O)ncn1. The van der Waals surface area contributed by atoms with E-state index in [0.29, 0.717) is 24.7 Å². The Morgan fingerprint density at radius 3 is 2.87 bits per heavy atom. The van der Waals surface area contributed by atoms with Crippen LogP contribution in [0.4, 0.5) is 11.6 Å². The van der Waals surface area contributed by atoms with Crippen LogP contribution >= 0.6 is 0 Å². The van der Waals surface area contributed by atoms with Crippen LogP contribution < -0.4 is 16.2 Å². The van der Waals surface area contributed by atoms with Crippen molar-refractivity contribution in [2.45, 2.75) is 6.54 Å². The molecule has 0 saturated carbocycles. The van der Waals surface area contributed by atoms with Crippen LogP contribution in [0.2, 0.25) is 0 Å². The molecule has 0 aliphatic carbocycles. The first-order valence-corrected chi connectivity index (χ1v) is 7.08. The lowest BCUT2D eigenvalue weighted by atomic mass is 10.5. The van der Waals surface area contributed by atoms with Gasteiger partial charge >= 0.3 is 0 Å². The molecule has 0 radical (unpaired) electrons. The fraction of sp³-hybridized carbons (Fsp3) is 0.214. The van der Waals surface area contributed by atoms with Gasteiger partial charge in [0.25, 0.3) is 5.56 Å². The van der Waals surface area contributed by atoms with Crippen LogP contribution in [0, 0.1) is 0 Å². The second kappa shape index (κ2) is 6.69. The molecule has 0 saturated heterocycles. The molecule has 0 spiro atoms. The highest BCUT2D eigenvalue weighted by Crippen LogP contribution is 2.07. The molecule has 3 aromatic rings. The van der Waals surface area contributed by atoms with Crippen molar-refractivity contribution in [1.29, 1.82) is 0 Å². The van der Waals surface area contributed by atoms with Gasteiger partial charge in [0.05, 0.1) is 6.54 Å². The van der Waals surface area contributed by atoms with Crippen LogP contribution in [0.1, 0.15) is 0 Å². The van der Waals surface area contributed by atoms with Gasteiger partial charge in [0.1, 0.15) is 18.0 Å². The molecule has 9 nitrogen and oxygen atoms in total. The molecule has 0 atom stereocenters. The Morgan fingerprint density at radius 2 is 2.09 bits per heavy atom. The van der Waals surface area contributed by atoms with E-state index in [9.17, 15) is 4.79 Å². The van der Waals surface area contributed by atoms with Crippen LogP contribution in [0.25, 0.3) is 5.82 Å². The average Bonchev–Trinajstić information content (AvgIpc) is 3.11. The predicted molar refractivity (Wildman–Crippen MR) is 85.7 cm³/mol. The highest BCUT2D eigenvalue weighted by Gasteiger charge is 2.03. The number of hydrogen-bond acceptors (Lipinski definition) is 7. The third-order valence-corrected chi connectivity index (χ3v) is 3.14. The van der Waals surface area contributed by atoms with Gasteiger partial charge in [-0.25, -0.2) is 19.3 Å². The van der Waals surface area contributed by atoms with E-state index in [-0.39, 0.29) is 5.56 Å². The fourth-order valence-electron chi connectivity index (χ4n) is 2.01. The lowest BCUT2D eigenvalue weighted by molar-refractivity contribution is 0.583. The molecular weight excluding hydrogens is 296 g/mol. The summed E-state index contributed by atoms with van der Waals surface area (Å²) in [5.74, 6) is 1.99. The summed E-state index contributed by atoms with van der Waals surface area (Å²) in [5.41, 5.74) is -0.165. The Balaban J connectivity index is 1.68. The van der Waals surface area contributed by atoms with Gasteiger partial charge in [-0.1, -0.05) is 0 Å².